The fourth-order valence-corrected chi connectivity index (χ4v) is 2.60. The molecule has 0 amide bonds. The molecular weight excluding hydrogens is 188 g/mol. The lowest BCUT2D eigenvalue weighted by Crippen LogP contribution is -2.36. The Hall–Kier alpha value is -0.120. The minimum atomic E-state index is 0.619. The van der Waals surface area contributed by atoms with Crippen LogP contribution < -0.4 is 10.6 Å². The monoisotopic (exact) mass is 212 g/mol. The molecule has 0 aromatic rings. The second kappa shape index (κ2) is 5.83. The van der Waals surface area contributed by atoms with Crippen molar-refractivity contribution in [3.8, 4) is 0 Å². The van der Waals surface area contributed by atoms with Crippen LogP contribution in [0.5, 0.6) is 0 Å². The Morgan fingerprint density at radius 1 is 1.47 bits per heavy atom. The minimum absolute atomic E-state index is 0.619. The molecule has 3 unspecified atom stereocenters. The van der Waals surface area contributed by atoms with E-state index in [2.05, 4.69) is 17.6 Å². The van der Waals surface area contributed by atoms with Crippen LogP contribution in [0.15, 0.2) is 0 Å². The quantitative estimate of drug-likeness (QED) is 0.717. The average Bonchev–Trinajstić information content (AvgIpc) is 2.90. The molecule has 0 saturated carbocycles. The van der Waals surface area contributed by atoms with Gasteiger partial charge < -0.3 is 15.4 Å². The van der Waals surface area contributed by atoms with Crippen molar-refractivity contribution >= 4 is 0 Å². The zero-order valence-electron chi connectivity index (χ0n) is 9.80. The average molecular weight is 212 g/mol. The van der Waals surface area contributed by atoms with Crippen LogP contribution in [0.4, 0.5) is 0 Å². The summed E-state index contributed by atoms with van der Waals surface area (Å²) in [5.74, 6) is 0.738. The van der Waals surface area contributed by atoms with E-state index in [1.807, 2.05) is 0 Å². The van der Waals surface area contributed by atoms with Gasteiger partial charge in [0.15, 0.2) is 0 Å². The predicted molar refractivity (Wildman–Crippen MR) is 62.0 cm³/mol. The van der Waals surface area contributed by atoms with Crippen molar-refractivity contribution < 1.29 is 4.74 Å². The largest absolute Gasteiger partial charge is 0.381 e. The normalized spacial score (nSPS) is 33.4. The van der Waals surface area contributed by atoms with Crippen LogP contribution in [0, 0.1) is 5.92 Å². The first kappa shape index (κ1) is 11.4. The highest BCUT2D eigenvalue weighted by Crippen LogP contribution is 2.16. The summed E-state index contributed by atoms with van der Waals surface area (Å²) in [4.78, 5) is 0. The molecule has 0 spiro atoms. The van der Waals surface area contributed by atoms with E-state index < -0.39 is 0 Å². The lowest BCUT2D eigenvalue weighted by Gasteiger charge is -2.20. The number of nitrogens with one attached hydrogen (secondary N) is 2. The third kappa shape index (κ3) is 3.44. The van der Waals surface area contributed by atoms with E-state index in [1.54, 1.807) is 0 Å². The summed E-state index contributed by atoms with van der Waals surface area (Å²) in [5.41, 5.74) is 0. The van der Waals surface area contributed by atoms with E-state index in [1.165, 1.54) is 32.2 Å². The lowest BCUT2D eigenvalue weighted by atomic mass is 10.0. The van der Waals surface area contributed by atoms with E-state index in [0.29, 0.717) is 6.04 Å². The van der Waals surface area contributed by atoms with Crippen LogP contribution in [0.25, 0.3) is 0 Å². The SMILES string of the molecule is CC(NCCC1CCCN1)C1CCOC1. The molecule has 0 aromatic carbocycles. The van der Waals surface area contributed by atoms with Gasteiger partial charge in [-0.2, -0.15) is 0 Å². The summed E-state index contributed by atoms with van der Waals surface area (Å²) >= 11 is 0. The smallest absolute Gasteiger partial charge is 0.0509 e. The van der Waals surface area contributed by atoms with Gasteiger partial charge in [-0.15, -0.1) is 0 Å². The molecule has 2 N–H and O–H groups in total. The Kier molecular flexibility index (Phi) is 4.42. The van der Waals surface area contributed by atoms with Crippen molar-refractivity contribution in [1.29, 1.82) is 0 Å². The molecular formula is C12H24N2O. The first-order chi connectivity index (χ1) is 7.36. The van der Waals surface area contributed by atoms with Crippen molar-refractivity contribution in [3.63, 3.8) is 0 Å². The van der Waals surface area contributed by atoms with E-state index in [0.717, 1.165) is 31.7 Å². The Morgan fingerprint density at radius 2 is 2.40 bits per heavy atom. The van der Waals surface area contributed by atoms with E-state index in [4.69, 9.17) is 4.74 Å². The summed E-state index contributed by atoms with van der Waals surface area (Å²) in [6.45, 7) is 6.57. The standard InChI is InChI=1S/C12H24N2O/c1-10(11-5-8-15-9-11)13-7-4-12-3-2-6-14-12/h10-14H,2-9H2,1H3. The van der Waals surface area contributed by atoms with Crippen LogP contribution in [0.3, 0.4) is 0 Å². The fraction of sp³-hybridized carbons (Fsp3) is 1.00. The van der Waals surface area contributed by atoms with Crippen molar-refractivity contribution in [2.24, 2.45) is 5.92 Å². The maximum atomic E-state index is 5.41. The lowest BCUT2D eigenvalue weighted by molar-refractivity contribution is 0.178. The van der Waals surface area contributed by atoms with Gasteiger partial charge in [0.05, 0.1) is 6.61 Å². The molecule has 2 rings (SSSR count). The molecule has 2 fully saturated rings. The third-order valence-electron chi connectivity index (χ3n) is 3.79. The molecule has 2 heterocycles. The van der Waals surface area contributed by atoms with Crippen LogP contribution in [0.1, 0.15) is 32.6 Å². The van der Waals surface area contributed by atoms with Gasteiger partial charge in [-0.1, -0.05) is 0 Å². The second-order valence-corrected chi connectivity index (χ2v) is 4.95. The van der Waals surface area contributed by atoms with Crippen LogP contribution in [0.2, 0.25) is 0 Å². The number of hydrogen-bond donors (Lipinski definition) is 2. The molecule has 0 aliphatic carbocycles. The van der Waals surface area contributed by atoms with Crippen molar-refractivity contribution in [1.82, 2.24) is 10.6 Å². The van der Waals surface area contributed by atoms with Crippen LogP contribution >= 0.6 is 0 Å². The van der Waals surface area contributed by atoms with Gasteiger partial charge in [-0.25, -0.2) is 0 Å². The first-order valence-corrected chi connectivity index (χ1v) is 6.41. The minimum Gasteiger partial charge on any atom is -0.381 e. The molecule has 88 valence electrons. The predicted octanol–water partition coefficient (Wildman–Crippen LogP) is 1.14. The first-order valence-electron chi connectivity index (χ1n) is 6.41. The number of ether oxygens (including phenoxy) is 1. The maximum absolute atomic E-state index is 5.41. The van der Waals surface area contributed by atoms with E-state index in [9.17, 15) is 0 Å². The molecule has 15 heavy (non-hydrogen) atoms. The van der Waals surface area contributed by atoms with Crippen LogP contribution in [-0.4, -0.2) is 38.4 Å². The highest BCUT2D eigenvalue weighted by Gasteiger charge is 2.22. The molecule has 3 atom stereocenters. The molecule has 0 radical (unpaired) electrons. The highest BCUT2D eigenvalue weighted by molar-refractivity contribution is 4.78. The molecule has 2 aliphatic rings. The van der Waals surface area contributed by atoms with Crippen molar-refractivity contribution in [2.45, 2.75) is 44.7 Å². The molecule has 2 saturated heterocycles. The second-order valence-electron chi connectivity index (χ2n) is 4.95. The van der Waals surface area contributed by atoms with Gasteiger partial charge in [0.25, 0.3) is 0 Å². The van der Waals surface area contributed by atoms with Crippen LogP contribution in [-0.2, 0) is 4.74 Å². The molecule has 0 bridgehead atoms. The molecule has 0 aromatic heterocycles. The van der Waals surface area contributed by atoms with Gasteiger partial charge in [0.1, 0.15) is 0 Å². The summed E-state index contributed by atoms with van der Waals surface area (Å²) < 4.78 is 5.41. The number of rotatable bonds is 5. The summed E-state index contributed by atoms with van der Waals surface area (Å²) in [6, 6.07) is 1.39. The van der Waals surface area contributed by atoms with Gasteiger partial charge in [0, 0.05) is 18.7 Å². The van der Waals surface area contributed by atoms with Crippen molar-refractivity contribution in [3.05, 3.63) is 0 Å². The number of hydrogen-bond acceptors (Lipinski definition) is 3. The highest BCUT2D eigenvalue weighted by atomic mass is 16.5. The topological polar surface area (TPSA) is 33.3 Å². The van der Waals surface area contributed by atoms with Gasteiger partial charge in [-0.3, -0.25) is 0 Å². The Labute approximate surface area is 93.0 Å². The summed E-state index contributed by atoms with van der Waals surface area (Å²) in [7, 11) is 0. The Bertz CT molecular complexity index is 174. The Balaban J connectivity index is 1.56. The third-order valence-corrected chi connectivity index (χ3v) is 3.79. The molecule has 3 nitrogen and oxygen atoms in total. The molecule has 3 heteroatoms. The Morgan fingerprint density at radius 3 is 3.07 bits per heavy atom. The van der Waals surface area contributed by atoms with E-state index >= 15 is 0 Å². The zero-order valence-corrected chi connectivity index (χ0v) is 9.80. The zero-order chi connectivity index (χ0) is 10.5. The summed E-state index contributed by atoms with van der Waals surface area (Å²) in [5, 5.41) is 7.17. The van der Waals surface area contributed by atoms with Gasteiger partial charge in [0.2, 0.25) is 0 Å². The maximum Gasteiger partial charge on any atom is 0.0509 e. The fourth-order valence-electron chi connectivity index (χ4n) is 2.60. The van der Waals surface area contributed by atoms with Gasteiger partial charge in [-0.05, 0) is 51.6 Å². The molecule has 2 aliphatic heterocycles. The van der Waals surface area contributed by atoms with Crippen molar-refractivity contribution in [2.75, 3.05) is 26.3 Å². The van der Waals surface area contributed by atoms with E-state index in [-0.39, 0.29) is 0 Å². The van der Waals surface area contributed by atoms with Gasteiger partial charge >= 0.3 is 0 Å². The summed E-state index contributed by atoms with van der Waals surface area (Å²) in [6.07, 6.45) is 5.23.